The molecule has 1 N–H and O–H groups in total. The van der Waals surface area contributed by atoms with Gasteiger partial charge in [-0.05, 0) is 37.5 Å². The van der Waals surface area contributed by atoms with Crippen LogP contribution in [-0.2, 0) is 4.74 Å². The molecule has 2 fully saturated rings. The maximum absolute atomic E-state index is 5.50. The molecule has 2 rings (SSSR count). The molecule has 0 radical (unpaired) electrons. The van der Waals surface area contributed by atoms with Crippen molar-refractivity contribution in [2.75, 3.05) is 7.11 Å². The molecule has 0 aliphatic heterocycles. The fraction of sp³-hybridized carbons (Fsp3) is 1.00. The molecule has 2 heteroatoms. The topological polar surface area (TPSA) is 21.3 Å². The van der Waals surface area contributed by atoms with Crippen molar-refractivity contribution in [2.45, 2.75) is 64.1 Å². The van der Waals surface area contributed by atoms with Crippen molar-refractivity contribution in [3.8, 4) is 0 Å². The van der Waals surface area contributed by atoms with E-state index in [-0.39, 0.29) is 0 Å². The molecule has 0 saturated heterocycles. The third-order valence-corrected chi connectivity index (χ3v) is 4.19. The summed E-state index contributed by atoms with van der Waals surface area (Å²) in [5.74, 6) is 0. The van der Waals surface area contributed by atoms with Gasteiger partial charge in [0.1, 0.15) is 0 Å². The zero-order chi connectivity index (χ0) is 10.2. The first-order valence-electron chi connectivity index (χ1n) is 5.92. The predicted molar refractivity (Wildman–Crippen MR) is 58.4 cm³/mol. The second kappa shape index (κ2) is 3.82. The lowest BCUT2D eigenvalue weighted by molar-refractivity contribution is 0.0454. The highest BCUT2D eigenvalue weighted by Gasteiger charge is 2.41. The average Bonchev–Trinajstić information content (AvgIpc) is 2.59. The van der Waals surface area contributed by atoms with Crippen LogP contribution in [0.15, 0.2) is 0 Å². The van der Waals surface area contributed by atoms with Gasteiger partial charge in [-0.2, -0.15) is 0 Å². The van der Waals surface area contributed by atoms with Crippen molar-refractivity contribution in [3.63, 3.8) is 0 Å². The van der Waals surface area contributed by atoms with E-state index in [1.54, 1.807) is 0 Å². The Morgan fingerprint density at radius 1 is 1.21 bits per heavy atom. The number of rotatable bonds is 3. The summed E-state index contributed by atoms with van der Waals surface area (Å²) in [6.45, 7) is 4.73. The van der Waals surface area contributed by atoms with E-state index in [1.165, 1.54) is 32.1 Å². The van der Waals surface area contributed by atoms with E-state index in [0.717, 1.165) is 6.04 Å². The van der Waals surface area contributed by atoms with Gasteiger partial charge in [0.15, 0.2) is 0 Å². The smallest absolute Gasteiger partial charge is 0.0724 e. The summed E-state index contributed by atoms with van der Waals surface area (Å²) in [5.41, 5.74) is 0.515. The first-order chi connectivity index (χ1) is 6.63. The van der Waals surface area contributed by atoms with E-state index in [2.05, 4.69) is 19.2 Å². The van der Waals surface area contributed by atoms with Crippen LogP contribution in [0.1, 0.15) is 46.0 Å². The Morgan fingerprint density at radius 3 is 2.50 bits per heavy atom. The molecule has 2 aliphatic rings. The molecule has 0 aromatic heterocycles. The van der Waals surface area contributed by atoms with Crippen molar-refractivity contribution >= 4 is 0 Å². The van der Waals surface area contributed by atoms with Crippen molar-refractivity contribution in [3.05, 3.63) is 0 Å². The molecular formula is C12H23NO. The van der Waals surface area contributed by atoms with Gasteiger partial charge in [0.25, 0.3) is 0 Å². The minimum Gasteiger partial charge on any atom is -0.380 e. The Hall–Kier alpha value is -0.0800. The molecule has 0 amide bonds. The highest BCUT2D eigenvalue weighted by atomic mass is 16.5. The van der Waals surface area contributed by atoms with E-state index in [4.69, 9.17) is 4.74 Å². The minimum atomic E-state index is 0.464. The fourth-order valence-corrected chi connectivity index (χ4v) is 2.83. The monoisotopic (exact) mass is 197 g/mol. The summed E-state index contributed by atoms with van der Waals surface area (Å²) in [6.07, 6.45) is 7.04. The van der Waals surface area contributed by atoms with E-state index < -0.39 is 0 Å². The van der Waals surface area contributed by atoms with E-state index in [1.807, 2.05) is 7.11 Å². The Morgan fingerprint density at radius 2 is 2.00 bits per heavy atom. The van der Waals surface area contributed by atoms with E-state index in [9.17, 15) is 0 Å². The molecule has 2 aliphatic carbocycles. The van der Waals surface area contributed by atoms with E-state index >= 15 is 0 Å². The van der Waals surface area contributed by atoms with Crippen LogP contribution in [0.3, 0.4) is 0 Å². The highest BCUT2D eigenvalue weighted by Crippen LogP contribution is 2.41. The van der Waals surface area contributed by atoms with Gasteiger partial charge in [-0.25, -0.2) is 0 Å². The van der Waals surface area contributed by atoms with Crippen LogP contribution < -0.4 is 5.32 Å². The Bertz CT molecular complexity index is 202. The van der Waals surface area contributed by atoms with E-state index in [0.29, 0.717) is 17.6 Å². The van der Waals surface area contributed by atoms with Gasteiger partial charge in [0.2, 0.25) is 0 Å². The average molecular weight is 197 g/mol. The van der Waals surface area contributed by atoms with Crippen LogP contribution in [0.4, 0.5) is 0 Å². The number of nitrogens with one attached hydrogen (secondary N) is 1. The maximum atomic E-state index is 5.50. The summed E-state index contributed by atoms with van der Waals surface area (Å²) >= 11 is 0. The lowest BCUT2D eigenvalue weighted by atomic mass is 9.67. The molecule has 0 bridgehead atoms. The summed E-state index contributed by atoms with van der Waals surface area (Å²) in [6, 6.07) is 1.34. The number of ether oxygens (including phenoxy) is 1. The number of methoxy groups -OCH3 is 1. The zero-order valence-electron chi connectivity index (χ0n) is 9.68. The Labute approximate surface area is 87.4 Å². The highest BCUT2D eigenvalue weighted by molar-refractivity contribution is 4.98. The fourth-order valence-electron chi connectivity index (χ4n) is 2.83. The second-order valence-electron chi connectivity index (χ2n) is 5.56. The lowest BCUT2D eigenvalue weighted by Crippen LogP contribution is -2.55. The minimum absolute atomic E-state index is 0.464. The number of hydrogen-bond acceptors (Lipinski definition) is 2. The van der Waals surface area contributed by atoms with Crippen LogP contribution in [0.5, 0.6) is 0 Å². The second-order valence-corrected chi connectivity index (χ2v) is 5.56. The third kappa shape index (κ3) is 1.82. The van der Waals surface area contributed by atoms with Crippen molar-refractivity contribution in [2.24, 2.45) is 5.41 Å². The van der Waals surface area contributed by atoms with Crippen LogP contribution in [-0.4, -0.2) is 25.3 Å². The lowest BCUT2D eigenvalue weighted by Gasteiger charge is -2.47. The SMILES string of the molecule is CO[C@@H]1CCC[C@H]1NC1CCC1(C)C. The van der Waals surface area contributed by atoms with Crippen molar-refractivity contribution < 1.29 is 4.74 Å². The van der Waals surface area contributed by atoms with Gasteiger partial charge in [0.05, 0.1) is 6.10 Å². The van der Waals surface area contributed by atoms with Gasteiger partial charge in [-0.15, -0.1) is 0 Å². The first-order valence-corrected chi connectivity index (χ1v) is 5.92. The molecule has 14 heavy (non-hydrogen) atoms. The largest absolute Gasteiger partial charge is 0.380 e. The summed E-state index contributed by atoms with van der Waals surface area (Å²) in [7, 11) is 1.84. The molecule has 2 nitrogen and oxygen atoms in total. The van der Waals surface area contributed by atoms with Crippen LogP contribution >= 0.6 is 0 Å². The van der Waals surface area contributed by atoms with Crippen LogP contribution in [0.2, 0.25) is 0 Å². The molecule has 0 spiro atoms. The molecular weight excluding hydrogens is 174 g/mol. The quantitative estimate of drug-likeness (QED) is 0.750. The zero-order valence-corrected chi connectivity index (χ0v) is 9.68. The normalized spacial score (nSPS) is 40.9. The number of hydrogen-bond donors (Lipinski definition) is 1. The Balaban J connectivity index is 1.85. The molecule has 3 atom stereocenters. The maximum Gasteiger partial charge on any atom is 0.0724 e. The van der Waals surface area contributed by atoms with Gasteiger partial charge in [-0.1, -0.05) is 13.8 Å². The molecule has 0 heterocycles. The molecule has 0 aromatic rings. The summed E-state index contributed by atoms with van der Waals surface area (Å²) in [5, 5.41) is 3.78. The third-order valence-electron chi connectivity index (χ3n) is 4.19. The summed E-state index contributed by atoms with van der Waals surface area (Å²) < 4.78 is 5.50. The molecule has 82 valence electrons. The first kappa shape index (κ1) is 10.4. The van der Waals surface area contributed by atoms with Crippen LogP contribution in [0.25, 0.3) is 0 Å². The van der Waals surface area contributed by atoms with Crippen molar-refractivity contribution in [1.29, 1.82) is 0 Å². The van der Waals surface area contributed by atoms with Gasteiger partial charge in [-0.3, -0.25) is 0 Å². The molecule has 2 saturated carbocycles. The Kier molecular flexibility index (Phi) is 2.85. The van der Waals surface area contributed by atoms with Crippen LogP contribution in [0, 0.1) is 5.41 Å². The predicted octanol–water partition coefficient (Wildman–Crippen LogP) is 2.33. The summed E-state index contributed by atoms with van der Waals surface area (Å²) in [4.78, 5) is 0. The van der Waals surface area contributed by atoms with Gasteiger partial charge >= 0.3 is 0 Å². The van der Waals surface area contributed by atoms with Gasteiger partial charge in [0, 0.05) is 19.2 Å². The molecule has 0 aromatic carbocycles. The standard InChI is InChI=1S/C12H23NO/c1-12(2)8-7-11(12)13-9-5-4-6-10(9)14-3/h9-11,13H,4-8H2,1-3H3/t9-,10-,11?/m1/s1. The van der Waals surface area contributed by atoms with Crippen molar-refractivity contribution in [1.82, 2.24) is 5.32 Å². The van der Waals surface area contributed by atoms with Gasteiger partial charge < -0.3 is 10.1 Å². The molecule has 1 unspecified atom stereocenters.